The van der Waals surface area contributed by atoms with Crippen molar-refractivity contribution < 1.29 is 4.79 Å². The van der Waals surface area contributed by atoms with Crippen molar-refractivity contribution >= 4 is 39.5 Å². The van der Waals surface area contributed by atoms with E-state index < -0.39 is 0 Å². The summed E-state index contributed by atoms with van der Waals surface area (Å²) < 4.78 is 0. The number of hydrogen-bond donors (Lipinski definition) is 0. The monoisotopic (exact) mass is 292 g/mol. The second kappa shape index (κ2) is 5.31. The molecule has 0 aliphatic carbocycles. The van der Waals surface area contributed by atoms with Crippen molar-refractivity contribution in [2.45, 2.75) is 12.8 Å². The molecule has 0 saturated carbocycles. The number of para-hydroxylation sites is 1. The second-order valence-corrected chi connectivity index (χ2v) is 5.56. The average molecular weight is 293 g/mol. The molecule has 3 rings (SSSR count). The van der Waals surface area contributed by atoms with E-state index in [2.05, 4.69) is 28.1 Å². The SMILES string of the molecule is O=C(CCl)c1csc(N2CCCc3ccccc32)n1. The van der Waals surface area contributed by atoms with E-state index in [0.717, 1.165) is 24.5 Å². The number of anilines is 2. The molecule has 1 aliphatic heterocycles. The lowest BCUT2D eigenvalue weighted by molar-refractivity contribution is 0.101. The number of aromatic nitrogens is 1. The fraction of sp³-hybridized carbons (Fsp3) is 0.286. The molecule has 19 heavy (non-hydrogen) atoms. The van der Waals surface area contributed by atoms with E-state index in [1.54, 1.807) is 5.38 Å². The lowest BCUT2D eigenvalue weighted by Crippen LogP contribution is -2.24. The molecule has 1 aliphatic rings. The Morgan fingerprint density at radius 2 is 2.26 bits per heavy atom. The molecule has 0 fully saturated rings. The Morgan fingerprint density at radius 1 is 1.42 bits per heavy atom. The quantitative estimate of drug-likeness (QED) is 0.639. The van der Waals surface area contributed by atoms with Crippen LogP contribution in [0.1, 0.15) is 22.5 Å². The number of aryl methyl sites for hydroxylation is 1. The minimum Gasteiger partial charge on any atom is -0.318 e. The molecule has 0 atom stereocenters. The summed E-state index contributed by atoms with van der Waals surface area (Å²) in [6.45, 7) is 0.943. The van der Waals surface area contributed by atoms with Crippen molar-refractivity contribution in [1.29, 1.82) is 0 Å². The van der Waals surface area contributed by atoms with Crippen LogP contribution in [0, 0.1) is 0 Å². The number of halogens is 1. The Morgan fingerprint density at radius 3 is 3.11 bits per heavy atom. The highest BCUT2D eigenvalue weighted by molar-refractivity contribution is 7.14. The van der Waals surface area contributed by atoms with Crippen LogP contribution in [-0.4, -0.2) is 23.2 Å². The van der Waals surface area contributed by atoms with Crippen LogP contribution in [0.2, 0.25) is 0 Å². The summed E-state index contributed by atoms with van der Waals surface area (Å²) in [5, 5.41) is 2.66. The van der Waals surface area contributed by atoms with Gasteiger partial charge in [-0.1, -0.05) is 18.2 Å². The number of ketones is 1. The maximum absolute atomic E-state index is 11.5. The zero-order valence-corrected chi connectivity index (χ0v) is 11.9. The highest BCUT2D eigenvalue weighted by Crippen LogP contribution is 2.34. The predicted octanol–water partition coefficient (Wildman–Crippen LogP) is 3.65. The van der Waals surface area contributed by atoms with Gasteiger partial charge in [0.15, 0.2) is 10.9 Å². The van der Waals surface area contributed by atoms with Gasteiger partial charge in [-0.2, -0.15) is 0 Å². The van der Waals surface area contributed by atoms with Gasteiger partial charge in [-0.05, 0) is 24.5 Å². The molecule has 0 spiro atoms. The van der Waals surface area contributed by atoms with Gasteiger partial charge in [0, 0.05) is 17.6 Å². The lowest BCUT2D eigenvalue weighted by atomic mass is 10.0. The van der Waals surface area contributed by atoms with Crippen molar-refractivity contribution in [2.24, 2.45) is 0 Å². The van der Waals surface area contributed by atoms with Gasteiger partial charge in [-0.3, -0.25) is 4.79 Å². The number of alkyl halides is 1. The van der Waals surface area contributed by atoms with E-state index >= 15 is 0 Å². The third kappa shape index (κ3) is 2.38. The maximum Gasteiger partial charge on any atom is 0.196 e. The molecule has 0 unspecified atom stereocenters. The first-order valence-electron chi connectivity index (χ1n) is 6.19. The third-order valence-electron chi connectivity index (χ3n) is 3.24. The number of rotatable bonds is 3. The fourth-order valence-electron chi connectivity index (χ4n) is 2.32. The molecular weight excluding hydrogens is 280 g/mol. The maximum atomic E-state index is 11.5. The first-order valence-corrected chi connectivity index (χ1v) is 7.61. The second-order valence-electron chi connectivity index (χ2n) is 4.46. The van der Waals surface area contributed by atoms with Gasteiger partial charge in [0.05, 0.1) is 5.88 Å². The molecule has 2 aromatic rings. The Kier molecular flexibility index (Phi) is 3.53. The third-order valence-corrected chi connectivity index (χ3v) is 4.35. The van der Waals surface area contributed by atoms with Crippen LogP contribution in [0.25, 0.3) is 0 Å². The number of Topliss-reactive ketones (excluding diaryl/α,β-unsaturated/α-hetero) is 1. The van der Waals surface area contributed by atoms with Gasteiger partial charge in [0.25, 0.3) is 0 Å². The number of fused-ring (bicyclic) bond motifs is 1. The number of benzene rings is 1. The number of carbonyl (C=O) groups excluding carboxylic acids is 1. The Balaban J connectivity index is 1.95. The van der Waals surface area contributed by atoms with Gasteiger partial charge >= 0.3 is 0 Å². The molecule has 5 heteroatoms. The lowest BCUT2D eigenvalue weighted by Gasteiger charge is -2.28. The zero-order valence-electron chi connectivity index (χ0n) is 10.3. The standard InChI is InChI=1S/C14H13ClN2OS/c15-8-13(18)11-9-19-14(16-11)17-7-3-5-10-4-1-2-6-12(10)17/h1-2,4,6,9H,3,5,7-8H2. The van der Waals surface area contributed by atoms with Gasteiger partial charge in [0.1, 0.15) is 5.69 Å². The Labute approximate surface area is 120 Å². The van der Waals surface area contributed by atoms with E-state index in [1.165, 1.54) is 22.6 Å². The predicted molar refractivity (Wildman–Crippen MR) is 78.9 cm³/mol. The van der Waals surface area contributed by atoms with Crippen LogP contribution >= 0.6 is 22.9 Å². The normalized spacial score (nSPS) is 14.3. The minimum absolute atomic E-state index is 0.0141. The average Bonchev–Trinajstić information content (AvgIpc) is 2.95. The van der Waals surface area contributed by atoms with Crippen LogP contribution in [0.5, 0.6) is 0 Å². The van der Waals surface area contributed by atoms with Gasteiger partial charge in [-0.25, -0.2) is 4.98 Å². The van der Waals surface area contributed by atoms with Crippen LogP contribution in [0.15, 0.2) is 29.6 Å². The van der Waals surface area contributed by atoms with E-state index in [9.17, 15) is 4.79 Å². The summed E-state index contributed by atoms with van der Waals surface area (Å²) in [6.07, 6.45) is 2.21. The smallest absolute Gasteiger partial charge is 0.196 e. The topological polar surface area (TPSA) is 33.2 Å². The first kappa shape index (κ1) is 12.6. The van der Waals surface area contributed by atoms with Crippen LogP contribution in [0.4, 0.5) is 10.8 Å². The summed E-state index contributed by atoms with van der Waals surface area (Å²) in [6, 6.07) is 8.36. The molecule has 1 aromatic carbocycles. The Bertz CT molecular complexity index is 611. The van der Waals surface area contributed by atoms with E-state index in [-0.39, 0.29) is 11.7 Å². The molecule has 3 nitrogen and oxygen atoms in total. The van der Waals surface area contributed by atoms with Crippen molar-refractivity contribution in [3.63, 3.8) is 0 Å². The summed E-state index contributed by atoms with van der Waals surface area (Å²) in [5.74, 6) is -0.130. The highest BCUT2D eigenvalue weighted by atomic mass is 35.5. The van der Waals surface area contributed by atoms with E-state index in [4.69, 9.17) is 11.6 Å². The van der Waals surface area contributed by atoms with Crippen molar-refractivity contribution in [1.82, 2.24) is 4.98 Å². The molecular formula is C14H13ClN2OS. The molecule has 0 radical (unpaired) electrons. The number of carbonyl (C=O) groups is 1. The number of hydrogen-bond acceptors (Lipinski definition) is 4. The largest absolute Gasteiger partial charge is 0.318 e. The first-order chi connectivity index (χ1) is 9.29. The summed E-state index contributed by atoms with van der Waals surface area (Å²) in [4.78, 5) is 18.2. The fourth-order valence-corrected chi connectivity index (χ4v) is 3.32. The van der Waals surface area contributed by atoms with Crippen LogP contribution in [-0.2, 0) is 6.42 Å². The molecule has 0 N–H and O–H groups in total. The summed E-state index contributed by atoms with van der Waals surface area (Å²) in [7, 11) is 0. The van der Waals surface area contributed by atoms with E-state index in [0.29, 0.717) is 5.69 Å². The van der Waals surface area contributed by atoms with Gasteiger partial charge in [-0.15, -0.1) is 22.9 Å². The van der Waals surface area contributed by atoms with Gasteiger partial charge < -0.3 is 4.90 Å². The number of thiazole rings is 1. The molecule has 0 saturated heterocycles. The van der Waals surface area contributed by atoms with E-state index in [1.807, 2.05) is 6.07 Å². The molecule has 98 valence electrons. The van der Waals surface area contributed by atoms with Crippen LogP contribution < -0.4 is 4.90 Å². The molecule has 0 amide bonds. The summed E-state index contributed by atoms with van der Waals surface area (Å²) >= 11 is 7.06. The molecule has 1 aromatic heterocycles. The minimum atomic E-state index is -0.116. The van der Waals surface area contributed by atoms with Crippen molar-refractivity contribution in [3.8, 4) is 0 Å². The molecule has 2 heterocycles. The van der Waals surface area contributed by atoms with Gasteiger partial charge in [0.2, 0.25) is 0 Å². The zero-order chi connectivity index (χ0) is 13.2. The van der Waals surface area contributed by atoms with Crippen molar-refractivity contribution in [3.05, 3.63) is 40.9 Å². The highest BCUT2D eigenvalue weighted by Gasteiger charge is 2.21. The van der Waals surface area contributed by atoms with Crippen molar-refractivity contribution in [2.75, 3.05) is 17.3 Å². The molecule has 0 bridgehead atoms. The number of nitrogens with zero attached hydrogens (tertiary/aromatic N) is 2. The summed E-state index contributed by atoms with van der Waals surface area (Å²) in [5.41, 5.74) is 3.01. The Hall–Kier alpha value is -1.39. The van der Waals surface area contributed by atoms with Crippen LogP contribution in [0.3, 0.4) is 0 Å².